The van der Waals surface area contributed by atoms with Gasteiger partial charge in [-0.2, -0.15) is 5.10 Å². The van der Waals surface area contributed by atoms with Gasteiger partial charge in [0.15, 0.2) is 0 Å². The van der Waals surface area contributed by atoms with E-state index in [4.69, 9.17) is 16.3 Å². The lowest BCUT2D eigenvalue weighted by Gasteiger charge is -2.25. The van der Waals surface area contributed by atoms with Crippen molar-refractivity contribution < 1.29 is 4.74 Å². The SMILES string of the molecule is Cc1nn(C)c(N2CCCOC(C)C2)c1CCl. The maximum atomic E-state index is 6.04. The first kappa shape index (κ1) is 12.7. The highest BCUT2D eigenvalue weighted by Crippen LogP contribution is 2.26. The lowest BCUT2D eigenvalue weighted by molar-refractivity contribution is 0.0820. The molecule has 0 aromatic carbocycles. The molecule has 1 aromatic rings. The first-order valence-electron chi connectivity index (χ1n) is 6.08. The molecule has 1 unspecified atom stereocenters. The Morgan fingerprint density at radius 1 is 1.53 bits per heavy atom. The van der Waals surface area contributed by atoms with E-state index in [2.05, 4.69) is 16.9 Å². The number of ether oxygens (including phenoxy) is 1. The van der Waals surface area contributed by atoms with Crippen LogP contribution in [0.3, 0.4) is 0 Å². The van der Waals surface area contributed by atoms with Crippen molar-refractivity contribution in [3.63, 3.8) is 0 Å². The van der Waals surface area contributed by atoms with E-state index in [-0.39, 0.29) is 6.10 Å². The number of nitrogens with zero attached hydrogens (tertiary/aromatic N) is 3. The molecule has 2 heterocycles. The number of rotatable bonds is 2. The van der Waals surface area contributed by atoms with Crippen molar-refractivity contribution in [2.75, 3.05) is 24.6 Å². The van der Waals surface area contributed by atoms with Crippen LogP contribution in [0.25, 0.3) is 0 Å². The summed E-state index contributed by atoms with van der Waals surface area (Å²) >= 11 is 6.04. The minimum Gasteiger partial charge on any atom is -0.377 e. The van der Waals surface area contributed by atoms with Crippen molar-refractivity contribution in [1.29, 1.82) is 0 Å². The van der Waals surface area contributed by atoms with Crippen LogP contribution in [0.1, 0.15) is 24.6 Å². The van der Waals surface area contributed by atoms with Crippen LogP contribution in [0.2, 0.25) is 0 Å². The molecule has 17 heavy (non-hydrogen) atoms. The molecule has 5 heteroatoms. The predicted octanol–water partition coefficient (Wildman–Crippen LogP) is 2.08. The summed E-state index contributed by atoms with van der Waals surface area (Å²) < 4.78 is 7.61. The van der Waals surface area contributed by atoms with E-state index < -0.39 is 0 Å². The van der Waals surface area contributed by atoms with Gasteiger partial charge in [0.2, 0.25) is 0 Å². The van der Waals surface area contributed by atoms with Crippen molar-refractivity contribution in [2.45, 2.75) is 32.3 Å². The van der Waals surface area contributed by atoms with Gasteiger partial charge in [0.1, 0.15) is 5.82 Å². The number of aromatic nitrogens is 2. The molecule has 0 aliphatic carbocycles. The average molecular weight is 258 g/mol. The van der Waals surface area contributed by atoms with Crippen LogP contribution in [0, 0.1) is 6.92 Å². The van der Waals surface area contributed by atoms with E-state index in [0.717, 1.165) is 43.2 Å². The van der Waals surface area contributed by atoms with Crippen molar-refractivity contribution in [3.8, 4) is 0 Å². The molecule has 0 saturated carbocycles. The Labute approximate surface area is 107 Å². The maximum Gasteiger partial charge on any atom is 0.131 e. The van der Waals surface area contributed by atoms with Crippen LogP contribution in [0.5, 0.6) is 0 Å². The lowest BCUT2D eigenvalue weighted by atomic mass is 10.2. The standard InChI is InChI=1S/C12H20ClN3O/c1-9-8-16(5-4-6-17-9)12-11(7-13)10(2)14-15(12)3/h9H,4-8H2,1-3H3. The fourth-order valence-electron chi connectivity index (χ4n) is 2.43. The molecule has 1 fully saturated rings. The summed E-state index contributed by atoms with van der Waals surface area (Å²) in [6.45, 7) is 6.88. The molecule has 96 valence electrons. The molecule has 1 aliphatic rings. The average Bonchev–Trinajstić information content (AvgIpc) is 2.46. The van der Waals surface area contributed by atoms with Crippen LogP contribution >= 0.6 is 11.6 Å². The highest BCUT2D eigenvalue weighted by molar-refractivity contribution is 6.17. The summed E-state index contributed by atoms with van der Waals surface area (Å²) in [5.74, 6) is 1.66. The van der Waals surface area contributed by atoms with E-state index in [0.29, 0.717) is 5.88 Å². The highest BCUT2D eigenvalue weighted by atomic mass is 35.5. The summed E-state index contributed by atoms with van der Waals surface area (Å²) in [5, 5.41) is 4.46. The van der Waals surface area contributed by atoms with Crippen molar-refractivity contribution >= 4 is 17.4 Å². The topological polar surface area (TPSA) is 30.3 Å². The molecule has 0 radical (unpaired) electrons. The number of alkyl halides is 1. The van der Waals surface area contributed by atoms with Crippen LogP contribution in [-0.4, -0.2) is 35.6 Å². The second-order valence-electron chi connectivity index (χ2n) is 4.63. The zero-order valence-corrected chi connectivity index (χ0v) is 11.5. The quantitative estimate of drug-likeness (QED) is 0.760. The Kier molecular flexibility index (Phi) is 3.94. The number of hydrogen-bond acceptors (Lipinski definition) is 3. The monoisotopic (exact) mass is 257 g/mol. The first-order chi connectivity index (χ1) is 8.13. The van der Waals surface area contributed by atoms with E-state index >= 15 is 0 Å². The van der Waals surface area contributed by atoms with Gasteiger partial charge in [-0.25, -0.2) is 0 Å². The lowest BCUT2D eigenvalue weighted by Crippen LogP contribution is -2.32. The smallest absolute Gasteiger partial charge is 0.131 e. The van der Waals surface area contributed by atoms with Gasteiger partial charge in [-0.3, -0.25) is 4.68 Å². The third-order valence-electron chi connectivity index (χ3n) is 3.20. The minimum absolute atomic E-state index is 0.260. The Morgan fingerprint density at radius 3 is 3.00 bits per heavy atom. The van der Waals surface area contributed by atoms with Gasteiger partial charge in [-0.15, -0.1) is 11.6 Å². The van der Waals surface area contributed by atoms with Gasteiger partial charge in [-0.1, -0.05) is 0 Å². The normalized spacial score (nSPS) is 21.6. The van der Waals surface area contributed by atoms with Crippen LogP contribution in [-0.2, 0) is 17.7 Å². The van der Waals surface area contributed by atoms with Crippen molar-refractivity contribution in [1.82, 2.24) is 9.78 Å². The molecular formula is C12H20ClN3O. The fourth-order valence-corrected chi connectivity index (χ4v) is 2.74. The second-order valence-corrected chi connectivity index (χ2v) is 4.89. The van der Waals surface area contributed by atoms with Crippen LogP contribution < -0.4 is 4.90 Å². The molecule has 1 aromatic heterocycles. The van der Waals surface area contributed by atoms with Gasteiger partial charge in [0, 0.05) is 32.3 Å². The molecule has 0 N–H and O–H groups in total. The van der Waals surface area contributed by atoms with Crippen LogP contribution in [0.15, 0.2) is 0 Å². The number of hydrogen-bond donors (Lipinski definition) is 0. The molecule has 4 nitrogen and oxygen atoms in total. The number of halogens is 1. The highest BCUT2D eigenvalue weighted by Gasteiger charge is 2.22. The van der Waals surface area contributed by atoms with Crippen molar-refractivity contribution in [2.24, 2.45) is 7.05 Å². The molecule has 1 aliphatic heterocycles. The van der Waals surface area contributed by atoms with Crippen molar-refractivity contribution in [3.05, 3.63) is 11.3 Å². The molecule has 0 spiro atoms. The van der Waals surface area contributed by atoms with E-state index in [1.807, 2.05) is 18.7 Å². The molecular weight excluding hydrogens is 238 g/mol. The van der Waals surface area contributed by atoms with Gasteiger partial charge in [0.25, 0.3) is 0 Å². The molecule has 1 saturated heterocycles. The largest absolute Gasteiger partial charge is 0.377 e. The Balaban J connectivity index is 2.31. The summed E-state index contributed by atoms with van der Waals surface area (Å²) in [5.41, 5.74) is 2.17. The van der Waals surface area contributed by atoms with Gasteiger partial charge in [-0.05, 0) is 20.3 Å². The Bertz CT molecular complexity index is 391. The Morgan fingerprint density at radius 2 is 2.29 bits per heavy atom. The number of aryl methyl sites for hydroxylation is 2. The molecule has 1 atom stereocenters. The minimum atomic E-state index is 0.260. The molecule has 0 bridgehead atoms. The third kappa shape index (κ3) is 2.58. The zero-order valence-electron chi connectivity index (χ0n) is 10.7. The van der Waals surface area contributed by atoms with E-state index in [1.165, 1.54) is 0 Å². The van der Waals surface area contributed by atoms with E-state index in [1.54, 1.807) is 0 Å². The summed E-state index contributed by atoms with van der Waals surface area (Å²) in [6.07, 6.45) is 1.31. The summed E-state index contributed by atoms with van der Waals surface area (Å²) in [4.78, 5) is 2.34. The zero-order chi connectivity index (χ0) is 12.4. The summed E-state index contributed by atoms with van der Waals surface area (Å²) in [7, 11) is 1.98. The Hall–Kier alpha value is -0.740. The fraction of sp³-hybridized carbons (Fsp3) is 0.750. The third-order valence-corrected chi connectivity index (χ3v) is 3.47. The van der Waals surface area contributed by atoms with Crippen LogP contribution in [0.4, 0.5) is 5.82 Å². The summed E-state index contributed by atoms with van der Waals surface area (Å²) in [6, 6.07) is 0. The first-order valence-corrected chi connectivity index (χ1v) is 6.62. The maximum absolute atomic E-state index is 6.04. The van der Waals surface area contributed by atoms with Gasteiger partial charge >= 0.3 is 0 Å². The number of anilines is 1. The predicted molar refractivity (Wildman–Crippen MR) is 69.7 cm³/mol. The van der Waals surface area contributed by atoms with Gasteiger partial charge < -0.3 is 9.64 Å². The van der Waals surface area contributed by atoms with Gasteiger partial charge in [0.05, 0.1) is 17.7 Å². The van der Waals surface area contributed by atoms with E-state index in [9.17, 15) is 0 Å². The molecule has 0 amide bonds. The molecule has 2 rings (SSSR count). The second kappa shape index (κ2) is 5.27.